The molecule has 34 heavy (non-hydrogen) atoms. The standard InChI is InChI=1S/C25H26N4O5/c1-3-15(12-22(30)28-21-13-26-29(2)23(21)24(31)32)27-25(33)34-14-20-18-10-6-4-8-16(18)17-9-5-7-11-19(17)20/h4-11,13,15,20H,3,12,14H2,1-2H3,(H,27,33)(H,28,30)(H,31,32)/t15-/m0/s1. The molecule has 0 fully saturated rings. The van der Waals surface area contributed by atoms with Gasteiger partial charge in [0.15, 0.2) is 5.69 Å². The molecule has 176 valence electrons. The molecule has 0 aliphatic heterocycles. The summed E-state index contributed by atoms with van der Waals surface area (Å²) in [5.74, 6) is -1.68. The van der Waals surface area contributed by atoms with Gasteiger partial charge in [0.2, 0.25) is 5.91 Å². The number of carbonyl (C=O) groups excluding carboxylic acids is 2. The summed E-state index contributed by atoms with van der Waals surface area (Å²) in [7, 11) is 1.48. The van der Waals surface area contributed by atoms with Crippen LogP contribution >= 0.6 is 0 Å². The average Bonchev–Trinajstić information content (AvgIpc) is 3.34. The number of aromatic nitrogens is 2. The molecular weight excluding hydrogens is 436 g/mol. The molecule has 3 N–H and O–H groups in total. The Hall–Kier alpha value is -4.14. The van der Waals surface area contributed by atoms with Crippen molar-refractivity contribution in [3.63, 3.8) is 0 Å². The van der Waals surface area contributed by atoms with E-state index >= 15 is 0 Å². The van der Waals surface area contributed by atoms with Crippen molar-refractivity contribution in [3.05, 3.63) is 71.5 Å². The zero-order chi connectivity index (χ0) is 24.2. The molecule has 1 aliphatic carbocycles. The Morgan fingerprint density at radius 2 is 1.71 bits per heavy atom. The number of ether oxygens (including phenoxy) is 1. The van der Waals surface area contributed by atoms with Crippen molar-refractivity contribution in [2.45, 2.75) is 31.7 Å². The number of hydrogen-bond donors (Lipinski definition) is 3. The van der Waals surface area contributed by atoms with E-state index in [0.717, 1.165) is 22.3 Å². The lowest BCUT2D eigenvalue weighted by Crippen LogP contribution is -2.38. The second-order valence-electron chi connectivity index (χ2n) is 8.16. The fourth-order valence-corrected chi connectivity index (χ4v) is 4.31. The topological polar surface area (TPSA) is 123 Å². The van der Waals surface area contributed by atoms with E-state index in [2.05, 4.69) is 27.9 Å². The van der Waals surface area contributed by atoms with Crippen LogP contribution in [0.5, 0.6) is 0 Å². The second-order valence-corrected chi connectivity index (χ2v) is 8.16. The van der Waals surface area contributed by atoms with E-state index in [9.17, 15) is 19.5 Å². The number of aromatic carboxylic acids is 1. The highest BCUT2D eigenvalue weighted by Gasteiger charge is 2.29. The summed E-state index contributed by atoms with van der Waals surface area (Å²) < 4.78 is 6.72. The van der Waals surface area contributed by atoms with Crippen LogP contribution in [0.3, 0.4) is 0 Å². The predicted molar refractivity (Wildman–Crippen MR) is 126 cm³/mol. The smallest absolute Gasteiger partial charge is 0.407 e. The van der Waals surface area contributed by atoms with Crippen LogP contribution in [0.2, 0.25) is 0 Å². The van der Waals surface area contributed by atoms with Crippen LogP contribution in [0.25, 0.3) is 11.1 Å². The van der Waals surface area contributed by atoms with Crippen molar-refractivity contribution >= 4 is 23.7 Å². The van der Waals surface area contributed by atoms with E-state index in [0.29, 0.717) is 6.42 Å². The minimum absolute atomic E-state index is 0.0331. The van der Waals surface area contributed by atoms with E-state index < -0.39 is 24.0 Å². The highest BCUT2D eigenvalue weighted by atomic mass is 16.5. The number of benzene rings is 2. The summed E-state index contributed by atoms with van der Waals surface area (Å²) >= 11 is 0. The van der Waals surface area contributed by atoms with Gasteiger partial charge in [-0.15, -0.1) is 0 Å². The first-order chi connectivity index (χ1) is 16.4. The molecule has 0 saturated heterocycles. The molecule has 0 saturated carbocycles. The quantitative estimate of drug-likeness (QED) is 0.468. The lowest BCUT2D eigenvalue weighted by atomic mass is 9.98. The van der Waals surface area contributed by atoms with Gasteiger partial charge in [-0.2, -0.15) is 5.10 Å². The predicted octanol–water partition coefficient (Wildman–Crippen LogP) is 3.76. The number of fused-ring (bicyclic) bond motifs is 3. The number of hydrogen-bond acceptors (Lipinski definition) is 5. The minimum Gasteiger partial charge on any atom is -0.476 e. The number of nitrogens with zero attached hydrogens (tertiary/aromatic N) is 2. The molecule has 0 unspecified atom stereocenters. The van der Waals surface area contributed by atoms with Crippen LogP contribution in [-0.2, 0) is 16.6 Å². The summed E-state index contributed by atoms with van der Waals surface area (Å²) in [6.07, 6.45) is 1.14. The van der Waals surface area contributed by atoms with Crippen LogP contribution in [0.1, 0.15) is 47.3 Å². The first kappa shape index (κ1) is 23.0. The molecule has 1 atom stereocenters. The van der Waals surface area contributed by atoms with Crippen LogP contribution < -0.4 is 10.6 Å². The first-order valence-corrected chi connectivity index (χ1v) is 11.1. The van der Waals surface area contributed by atoms with Crippen molar-refractivity contribution in [2.75, 3.05) is 11.9 Å². The summed E-state index contributed by atoms with van der Waals surface area (Å²) in [5.41, 5.74) is 4.52. The highest BCUT2D eigenvalue weighted by molar-refractivity contribution is 5.99. The van der Waals surface area contributed by atoms with Crippen molar-refractivity contribution in [1.82, 2.24) is 15.1 Å². The molecule has 3 aromatic rings. The van der Waals surface area contributed by atoms with Gasteiger partial charge in [-0.3, -0.25) is 9.48 Å². The number of anilines is 1. The summed E-state index contributed by atoms with van der Waals surface area (Å²) in [5, 5.41) is 18.4. The van der Waals surface area contributed by atoms with Crippen LogP contribution in [0.4, 0.5) is 10.5 Å². The zero-order valence-electron chi connectivity index (χ0n) is 18.9. The first-order valence-electron chi connectivity index (χ1n) is 11.1. The van der Waals surface area contributed by atoms with E-state index in [1.54, 1.807) is 0 Å². The van der Waals surface area contributed by atoms with Gasteiger partial charge in [0.1, 0.15) is 6.61 Å². The van der Waals surface area contributed by atoms with Gasteiger partial charge >= 0.3 is 12.1 Å². The molecule has 1 aromatic heterocycles. The molecule has 0 bridgehead atoms. The van der Waals surface area contributed by atoms with Crippen LogP contribution in [0.15, 0.2) is 54.7 Å². The fourth-order valence-electron chi connectivity index (χ4n) is 4.31. The Kier molecular flexibility index (Phi) is 6.62. The maximum Gasteiger partial charge on any atom is 0.407 e. The maximum absolute atomic E-state index is 12.5. The van der Waals surface area contributed by atoms with Crippen LogP contribution in [0, 0.1) is 0 Å². The number of carbonyl (C=O) groups is 3. The summed E-state index contributed by atoms with van der Waals surface area (Å²) in [6, 6.07) is 15.7. The SMILES string of the molecule is CC[C@@H](CC(=O)Nc1cnn(C)c1C(=O)O)NC(=O)OCC1c2ccccc2-c2ccccc21. The lowest BCUT2D eigenvalue weighted by molar-refractivity contribution is -0.116. The van der Waals surface area contributed by atoms with Crippen LogP contribution in [-0.4, -0.2) is 45.5 Å². The molecule has 2 aromatic carbocycles. The number of alkyl carbamates (subject to hydrolysis) is 1. The lowest BCUT2D eigenvalue weighted by Gasteiger charge is -2.18. The van der Waals surface area contributed by atoms with E-state index in [1.165, 1.54) is 17.9 Å². The largest absolute Gasteiger partial charge is 0.476 e. The molecule has 1 aliphatic rings. The maximum atomic E-state index is 12.5. The average molecular weight is 463 g/mol. The van der Waals surface area contributed by atoms with E-state index in [-0.39, 0.29) is 30.3 Å². The van der Waals surface area contributed by atoms with Crippen molar-refractivity contribution in [3.8, 4) is 11.1 Å². The van der Waals surface area contributed by atoms with Crippen molar-refractivity contribution < 1.29 is 24.2 Å². The number of aryl methyl sites for hydroxylation is 1. The third-order valence-corrected chi connectivity index (χ3v) is 6.01. The fraction of sp³-hybridized carbons (Fsp3) is 0.280. The Bertz CT molecular complexity index is 1190. The van der Waals surface area contributed by atoms with Gasteiger partial charge in [-0.1, -0.05) is 55.5 Å². The van der Waals surface area contributed by atoms with Gasteiger partial charge in [-0.25, -0.2) is 9.59 Å². The Morgan fingerprint density at radius 1 is 1.09 bits per heavy atom. The third-order valence-electron chi connectivity index (χ3n) is 6.01. The number of amides is 2. The van der Waals surface area contributed by atoms with Gasteiger partial charge in [0.05, 0.1) is 11.9 Å². The number of carboxylic acids is 1. The molecule has 1 heterocycles. The van der Waals surface area contributed by atoms with Gasteiger partial charge < -0.3 is 20.5 Å². The molecule has 4 rings (SSSR count). The zero-order valence-corrected chi connectivity index (χ0v) is 18.9. The minimum atomic E-state index is -1.20. The van der Waals surface area contributed by atoms with Crippen molar-refractivity contribution in [1.29, 1.82) is 0 Å². The summed E-state index contributed by atoms with van der Waals surface area (Å²) in [6.45, 7) is 2.02. The summed E-state index contributed by atoms with van der Waals surface area (Å²) in [4.78, 5) is 36.3. The Labute approximate surface area is 196 Å². The Balaban J connectivity index is 1.34. The number of carboxylic acid groups (broad SMARTS) is 1. The number of nitrogens with one attached hydrogen (secondary N) is 2. The monoisotopic (exact) mass is 462 g/mol. The molecule has 9 nitrogen and oxygen atoms in total. The normalized spacial score (nSPS) is 13.0. The molecular formula is C25H26N4O5. The molecule has 0 spiro atoms. The van der Waals surface area contributed by atoms with Gasteiger partial charge in [0.25, 0.3) is 0 Å². The van der Waals surface area contributed by atoms with E-state index in [4.69, 9.17) is 4.74 Å². The second kappa shape index (κ2) is 9.78. The van der Waals surface area contributed by atoms with Crippen molar-refractivity contribution in [2.24, 2.45) is 7.05 Å². The third kappa shape index (κ3) is 4.63. The molecule has 2 amide bonds. The van der Waals surface area contributed by atoms with Gasteiger partial charge in [-0.05, 0) is 28.7 Å². The number of rotatable bonds is 8. The van der Waals surface area contributed by atoms with E-state index in [1.807, 2.05) is 43.3 Å². The highest BCUT2D eigenvalue weighted by Crippen LogP contribution is 2.44. The molecule has 0 radical (unpaired) electrons. The molecule has 9 heteroatoms. The Morgan fingerprint density at radius 3 is 2.29 bits per heavy atom. The van der Waals surface area contributed by atoms with Gasteiger partial charge in [0, 0.05) is 25.4 Å².